The number of anilines is 1. The molecule has 2 N–H and O–H groups in total. The van der Waals surface area contributed by atoms with Crippen molar-refractivity contribution in [1.29, 1.82) is 0 Å². The molecule has 1 aromatic rings. The molecule has 0 aromatic carbocycles. The number of thiophene rings is 1. The second-order valence-electron chi connectivity index (χ2n) is 5.29. The molecule has 0 bridgehead atoms. The first kappa shape index (κ1) is 16.3. The van der Waals surface area contributed by atoms with Crippen LogP contribution in [0.4, 0.5) is 5.69 Å². The lowest BCUT2D eigenvalue weighted by Gasteiger charge is -2.27. The fourth-order valence-corrected chi connectivity index (χ4v) is 3.50. The predicted molar refractivity (Wildman–Crippen MR) is 86.7 cm³/mol. The Hall–Kier alpha value is -1.05. The average Bonchev–Trinajstić information content (AvgIpc) is 3.03. The fraction of sp³-hybridized carbons (Fsp3) is 0.643. The van der Waals surface area contributed by atoms with Crippen LogP contribution in [-0.2, 0) is 9.47 Å². The van der Waals surface area contributed by atoms with Gasteiger partial charge in [0.15, 0.2) is 13.6 Å². The molecule has 0 saturated carbocycles. The summed E-state index contributed by atoms with van der Waals surface area (Å²) in [7, 11) is 1.92. The normalized spacial score (nSPS) is 17.0. The molecule has 21 heavy (non-hydrogen) atoms. The SMILES string of the molecule is Bc1cc(NCCCC2(CCC)OCCO2)c(C(=O)O)s1. The van der Waals surface area contributed by atoms with Gasteiger partial charge in [-0.15, -0.1) is 11.3 Å². The first-order chi connectivity index (χ1) is 10.1. The van der Waals surface area contributed by atoms with E-state index in [1.165, 1.54) is 11.3 Å². The van der Waals surface area contributed by atoms with Crippen molar-refractivity contribution in [3.8, 4) is 0 Å². The molecule has 2 heterocycles. The lowest BCUT2D eigenvalue weighted by Crippen LogP contribution is -2.30. The fourth-order valence-electron chi connectivity index (χ4n) is 2.68. The van der Waals surface area contributed by atoms with Crippen LogP contribution in [0, 0.1) is 0 Å². The van der Waals surface area contributed by atoms with Gasteiger partial charge in [0.2, 0.25) is 0 Å². The van der Waals surface area contributed by atoms with Crippen LogP contribution >= 0.6 is 11.3 Å². The molecule has 0 radical (unpaired) electrons. The van der Waals surface area contributed by atoms with Crippen molar-refractivity contribution >= 4 is 35.6 Å². The van der Waals surface area contributed by atoms with Crippen molar-refractivity contribution in [2.24, 2.45) is 0 Å². The number of ether oxygens (including phenoxy) is 2. The third kappa shape index (κ3) is 4.21. The van der Waals surface area contributed by atoms with Gasteiger partial charge in [-0.05, 0) is 17.3 Å². The van der Waals surface area contributed by atoms with E-state index >= 15 is 0 Å². The third-order valence-corrected chi connectivity index (χ3v) is 4.58. The smallest absolute Gasteiger partial charge is 0.347 e. The Bertz CT molecular complexity index is 485. The molecular weight excluding hydrogens is 289 g/mol. The molecule has 7 heteroatoms. The van der Waals surface area contributed by atoms with Gasteiger partial charge in [0.05, 0.1) is 18.9 Å². The maximum absolute atomic E-state index is 11.1. The second kappa shape index (κ2) is 7.29. The Kier molecular flexibility index (Phi) is 5.67. The summed E-state index contributed by atoms with van der Waals surface area (Å²) in [6.07, 6.45) is 3.65. The summed E-state index contributed by atoms with van der Waals surface area (Å²) < 4.78 is 12.5. The van der Waals surface area contributed by atoms with Crippen LogP contribution in [-0.4, -0.2) is 44.5 Å². The summed E-state index contributed by atoms with van der Waals surface area (Å²) in [5.74, 6) is -1.29. The van der Waals surface area contributed by atoms with Gasteiger partial charge in [-0.3, -0.25) is 0 Å². The molecule has 0 spiro atoms. The first-order valence-corrected chi connectivity index (χ1v) is 8.23. The van der Waals surface area contributed by atoms with Crippen molar-refractivity contribution in [3.05, 3.63) is 10.9 Å². The Labute approximate surface area is 130 Å². The summed E-state index contributed by atoms with van der Waals surface area (Å²) in [5.41, 5.74) is 0.711. The summed E-state index contributed by atoms with van der Waals surface area (Å²) in [5, 5.41) is 12.4. The lowest BCUT2D eigenvalue weighted by atomic mass is 10.0. The van der Waals surface area contributed by atoms with Crippen LogP contribution in [0.5, 0.6) is 0 Å². The number of aromatic carboxylic acids is 1. The topological polar surface area (TPSA) is 67.8 Å². The van der Waals surface area contributed by atoms with Crippen LogP contribution in [0.25, 0.3) is 0 Å². The molecule has 5 nitrogen and oxygen atoms in total. The summed E-state index contributed by atoms with van der Waals surface area (Å²) in [6, 6.07) is 1.89. The van der Waals surface area contributed by atoms with Gasteiger partial charge in [0, 0.05) is 19.4 Å². The average molecular weight is 311 g/mol. The van der Waals surface area contributed by atoms with Crippen molar-refractivity contribution in [2.75, 3.05) is 25.1 Å². The number of hydrogen-bond acceptors (Lipinski definition) is 5. The molecule has 0 atom stereocenters. The summed E-state index contributed by atoms with van der Waals surface area (Å²) in [6.45, 7) is 4.17. The minimum Gasteiger partial charge on any atom is -0.477 e. The van der Waals surface area contributed by atoms with E-state index in [9.17, 15) is 4.79 Å². The number of carboxylic acid groups (broad SMARTS) is 1. The Balaban J connectivity index is 1.83. The molecule has 116 valence electrons. The number of carbonyl (C=O) groups is 1. The minimum absolute atomic E-state index is 0.379. The number of rotatable bonds is 8. The third-order valence-electron chi connectivity index (χ3n) is 3.54. The van der Waals surface area contributed by atoms with Crippen LogP contribution in [0.3, 0.4) is 0 Å². The number of carboxylic acids is 1. The molecule has 1 fully saturated rings. The van der Waals surface area contributed by atoms with E-state index in [1.54, 1.807) is 0 Å². The molecule has 0 amide bonds. The van der Waals surface area contributed by atoms with E-state index in [2.05, 4.69) is 12.2 Å². The van der Waals surface area contributed by atoms with Gasteiger partial charge >= 0.3 is 5.97 Å². The quantitative estimate of drug-likeness (QED) is 0.562. The zero-order chi connectivity index (χ0) is 15.3. The van der Waals surface area contributed by atoms with Crippen LogP contribution < -0.4 is 10.1 Å². The molecular formula is C14H22BNO4S. The van der Waals surface area contributed by atoms with E-state index in [4.69, 9.17) is 14.6 Å². The minimum atomic E-state index is -0.875. The Morgan fingerprint density at radius 3 is 2.81 bits per heavy atom. The first-order valence-electron chi connectivity index (χ1n) is 7.42. The van der Waals surface area contributed by atoms with E-state index in [0.29, 0.717) is 30.3 Å². The van der Waals surface area contributed by atoms with E-state index in [0.717, 1.165) is 30.5 Å². The maximum atomic E-state index is 11.1. The molecule has 0 aliphatic carbocycles. The highest BCUT2D eigenvalue weighted by atomic mass is 32.1. The van der Waals surface area contributed by atoms with Gasteiger partial charge in [-0.2, -0.15) is 0 Å². The summed E-state index contributed by atoms with van der Waals surface area (Å²) in [4.78, 5) is 11.5. The Morgan fingerprint density at radius 1 is 1.48 bits per heavy atom. The highest BCUT2D eigenvalue weighted by Crippen LogP contribution is 2.30. The zero-order valence-corrected chi connectivity index (χ0v) is 13.4. The van der Waals surface area contributed by atoms with Crippen LogP contribution in [0.15, 0.2) is 6.07 Å². The highest BCUT2D eigenvalue weighted by Gasteiger charge is 2.34. The predicted octanol–water partition coefficient (Wildman–Crippen LogP) is 1.44. The zero-order valence-electron chi connectivity index (χ0n) is 12.6. The monoisotopic (exact) mass is 311 g/mol. The molecule has 1 aliphatic heterocycles. The van der Waals surface area contributed by atoms with Gasteiger partial charge < -0.3 is 19.9 Å². The molecule has 1 saturated heterocycles. The molecule has 2 rings (SSSR count). The van der Waals surface area contributed by atoms with Crippen molar-refractivity contribution < 1.29 is 19.4 Å². The highest BCUT2D eigenvalue weighted by molar-refractivity contribution is 7.22. The maximum Gasteiger partial charge on any atom is 0.347 e. The van der Waals surface area contributed by atoms with Crippen molar-refractivity contribution in [3.63, 3.8) is 0 Å². The van der Waals surface area contributed by atoms with Crippen molar-refractivity contribution in [2.45, 2.75) is 38.4 Å². The van der Waals surface area contributed by atoms with Gasteiger partial charge in [-0.1, -0.05) is 13.3 Å². The second-order valence-corrected chi connectivity index (χ2v) is 6.55. The van der Waals surface area contributed by atoms with Crippen molar-refractivity contribution in [1.82, 2.24) is 0 Å². The van der Waals surface area contributed by atoms with E-state index in [1.807, 2.05) is 13.9 Å². The Morgan fingerprint density at radius 2 is 2.19 bits per heavy atom. The molecule has 1 aliphatic rings. The summed E-state index contributed by atoms with van der Waals surface area (Å²) >= 11 is 1.30. The molecule has 1 aromatic heterocycles. The van der Waals surface area contributed by atoms with Gasteiger partial charge in [-0.25, -0.2) is 4.79 Å². The number of nitrogens with one attached hydrogen (secondary N) is 1. The van der Waals surface area contributed by atoms with E-state index < -0.39 is 11.8 Å². The van der Waals surface area contributed by atoms with Crippen LogP contribution in [0.2, 0.25) is 0 Å². The van der Waals surface area contributed by atoms with Gasteiger partial charge in [0.1, 0.15) is 4.88 Å². The lowest BCUT2D eigenvalue weighted by molar-refractivity contribution is -0.167. The van der Waals surface area contributed by atoms with E-state index in [-0.39, 0.29) is 0 Å². The molecule has 0 unspecified atom stereocenters. The largest absolute Gasteiger partial charge is 0.477 e. The number of hydrogen-bond donors (Lipinski definition) is 2. The van der Waals surface area contributed by atoms with Crippen LogP contribution in [0.1, 0.15) is 42.3 Å². The standard InChI is InChI=1S/C14H22BNO4S/c1-2-4-14(19-7-8-20-14)5-3-6-16-10-9-11(15)21-12(10)13(17)18/h9,16H,2-8,15H2,1H3,(H,17,18). The van der Waals surface area contributed by atoms with Gasteiger partial charge in [0.25, 0.3) is 0 Å².